The number of hydrogen-bond acceptors (Lipinski definition) is 2. The number of nitrogens with one attached hydrogen (secondary N) is 1. The molecule has 3 nitrogen and oxygen atoms in total. The van der Waals surface area contributed by atoms with Crippen LogP contribution in [0.15, 0.2) is 22.7 Å². The van der Waals surface area contributed by atoms with Crippen molar-refractivity contribution in [2.45, 2.75) is 26.3 Å². The van der Waals surface area contributed by atoms with Gasteiger partial charge in [0.1, 0.15) is 0 Å². The third-order valence-electron chi connectivity index (χ3n) is 2.08. The SMILES string of the molecule is Cc1cc(NC(C)CC(N)=O)ccc1Br. The number of nitrogens with two attached hydrogens (primary N) is 1. The van der Waals surface area contributed by atoms with Gasteiger partial charge in [0.15, 0.2) is 0 Å². The molecule has 0 spiro atoms. The molecule has 0 saturated heterocycles. The zero-order chi connectivity index (χ0) is 11.4. The first kappa shape index (κ1) is 12.0. The van der Waals surface area contributed by atoms with Crippen LogP contribution in [-0.4, -0.2) is 11.9 Å². The van der Waals surface area contributed by atoms with E-state index in [-0.39, 0.29) is 11.9 Å². The number of amides is 1. The van der Waals surface area contributed by atoms with E-state index in [2.05, 4.69) is 21.2 Å². The van der Waals surface area contributed by atoms with Crippen molar-refractivity contribution in [3.05, 3.63) is 28.2 Å². The van der Waals surface area contributed by atoms with Crippen LogP contribution in [0.4, 0.5) is 5.69 Å². The first-order chi connectivity index (χ1) is 6.99. The number of aryl methyl sites for hydroxylation is 1. The number of rotatable bonds is 4. The van der Waals surface area contributed by atoms with Gasteiger partial charge < -0.3 is 11.1 Å². The highest BCUT2D eigenvalue weighted by molar-refractivity contribution is 9.10. The molecule has 0 aliphatic carbocycles. The predicted molar refractivity (Wildman–Crippen MR) is 65.8 cm³/mol. The van der Waals surface area contributed by atoms with Crippen molar-refractivity contribution in [2.75, 3.05) is 5.32 Å². The van der Waals surface area contributed by atoms with Gasteiger partial charge in [0.2, 0.25) is 5.91 Å². The number of primary amides is 1. The summed E-state index contributed by atoms with van der Waals surface area (Å²) >= 11 is 3.43. The van der Waals surface area contributed by atoms with Crippen molar-refractivity contribution in [3.8, 4) is 0 Å². The van der Waals surface area contributed by atoms with Gasteiger partial charge in [-0.25, -0.2) is 0 Å². The molecule has 1 aromatic carbocycles. The quantitative estimate of drug-likeness (QED) is 0.883. The van der Waals surface area contributed by atoms with Gasteiger partial charge in [-0.05, 0) is 37.6 Å². The molecule has 0 radical (unpaired) electrons. The van der Waals surface area contributed by atoms with E-state index in [1.807, 2.05) is 32.0 Å². The fraction of sp³-hybridized carbons (Fsp3) is 0.364. The van der Waals surface area contributed by atoms with Gasteiger partial charge in [-0.15, -0.1) is 0 Å². The molecule has 1 atom stereocenters. The molecule has 1 rings (SSSR count). The monoisotopic (exact) mass is 270 g/mol. The molecule has 0 heterocycles. The Morgan fingerprint density at radius 1 is 1.60 bits per heavy atom. The molecule has 4 heteroatoms. The van der Waals surface area contributed by atoms with Gasteiger partial charge in [0.05, 0.1) is 0 Å². The van der Waals surface area contributed by atoms with Gasteiger partial charge in [-0.2, -0.15) is 0 Å². The lowest BCUT2D eigenvalue weighted by molar-refractivity contribution is -0.118. The molecule has 15 heavy (non-hydrogen) atoms. The zero-order valence-corrected chi connectivity index (χ0v) is 10.5. The average molecular weight is 271 g/mol. The Morgan fingerprint density at radius 2 is 2.27 bits per heavy atom. The Kier molecular flexibility index (Phi) is 4.15. The number of carbonyl (C=O) groups excluding carboxylic acids is 1. The molecule has 0 fully saturated rings. The van der Waals surface area contributed by atoms with E-state index in [1.54, 1.807) is 0 Å². The summed E-state index contributed by atoms with van der Waals surface area (Å²) in [5.41, 5.74) is 7.28. The number of benzene rings is 1. The van der Waals surface area contributed by atoms with Crippen LogP contribution in [0.1, 0.15) is 18.9 Å². The van der Waals surface area contributed by atoms with Crippen LogP contribution in [0.3, 0.4) is 0 Å². The highest BCUT2D eigenvalue weighted by atomic mass is 79.9. The fourth-order valence-electron chi connectivity index (χ4n) is 1.37. The summed E-state index contributed by atoms with van der Waals surface area (Å²) in [7, 11) is 0. The lowest BCUT2D eigenvalue weighted by Crippen LogP contribution is -2.23. The minimum Gasteiger partial charge on any atom is -0.382 e. The lowest BCUT2D eigenvalue weighted by atomic mass is 10.2. The molecule has 3 N–H and O–H groups in total. The standard InChI is InChI=1S/C11H15BrN2O/c1-7-5-9(3-4-10(7)12)14-8(2)6-11(13)15/h3-5,8,14H,6H2,1-2H3,(H2,13,15). The molecule has 0 aromatic heterocycles. The second-order valence-electron chi connectivity index (χ2n) is 3.68. The summed E-state index contributed by atoms with van der Waals surface area (Å²) in [5, 5.41) is 3.22. The molecular formula is C11H15BrN2O. The van der Waals surface area contributed by atoms with Crippen molar-refractivity contribution >= 4 is 27.5 Å². The Balaban J connectivity index is 2.64. The normalized spacial score (nSPS) is 12.2. The number of hydrogen-bond donors (Lipinski definition) is 2. The van der Waals surface area contributed by atoms with Gasteiger partial charge >= 0.3 is 0 Å². The van der Waals surface area contributed by atoms with Crippen molar-refractivity contribution in [1.82, 2.24) is 0 Å². The summed E-state index contributed by atoms with van der Waals surface area (Å²) in [6, 6.07) is 6.04. The minimum atomic E-state index is -0.288. The third kappa shape index (κ3) is 3.91. The van der Waals surface area contributed by atoms with Crippen LogP contribution < -0.4 is 11.1 Å². The van der Waals surface area contributed by atoms with E-state index in [4.69, 9.17) is 5.73 Å². The van der Waals surface area contributed by atoms with E-state index in [9.17, 15) is 4.79 Å². The summed E-state index contributed by atoms with van der Waals surface area (Å²) in [4.78, 5) is 10.7. The van der Waals surface area contributed by atoms with E-state index < -0.39 is 0 Å². The molecule has 0 saturated carbocycles. The lowest BCUT2D eigenvalue weighted by Gasteiger charge is -2.14. The van der Waals surface area contributed by atoms with Crippen LogP contribution in [0.25, 0.3) is 0 Å². The fourth-order valence-corrected chi connectivity index (χ4v) is 1.62. The smallest absolute Gasteiger partial charge is 0.219 e. The molecule has 1 unspecified atom stereocenters. The second kappa shape index (κ2) is 5.16. The maximum absolute atomic E-state index is 10.7. The summed E-state index contributed by atoms with van der Waals surface area (Å²) in [6.07, 6.45) is 0.342. The van der Waals surface area contributed by atoms with Crippen LogP contribution in [0.2, 0.25) is 0 Å². The van der Waals surface area contributed by atoms with E-state index in [1.165, 1.54) is 0 Å². The van der Waals surface area contributed by atoms with E-state index in [0.29, 0.717) is 6.42 Å². The third-order valence-corrected chi connectivity index (χ3v) is 2.97. The van der Waals surface area contributed by atoms with Crippen LogP contribution in [0.5, 0.6) is 0 Å². The van der Waals surface area contributed by atoms with Gasteiger partial charge in [0, 0.05) is 22.6 Å². The van der Waals surface area contributed by atoms with Crippen LogP contribution in [0, 0.1) is 6.92 Å². The van der Waals surface area contributed by atoms with E-state index >= 15 is 0 Å². The van der Waals surface area contributed by atoms with Crippen molar-refractivity contribution in [2.24, 2.45) is 5.73 Å². The second-order valence-corrected chi connectivity index (χ2v) is 4.53. The van der Waals surface area contributed by atoms with Crippen molar-refractivity contribution in [1.29, 1.82) is 0 Å². The van der Waals surface area contributed by atoms with Gasteiger partial charge in [-0.1, -0.05) is 15.9 Å². The maximum atomic E-state index is 10.7. The molecule has 1 aromatic rings. The highest BCUT2D eigenvalue weighted by Gasteiger charge is 2.06. The molecule has 1 amide bonds. The summed E-state index contributed by atoms with van der Waals surface area (Å²) in [6.45, 7) is 3.95. The first-order valence-corrected chi connectivity index (χ1v) is 5.59. The Morgan fingerprint density at radius 3 is 2.80 bits per heavy atom. The number of halogens is 1. The Bertz CT molecular complexity index is 366. The van der Waals surface area contributed by atoms with Gasteiger partial charge in [0.25, 0.3) is 0 Å². The van der Waals surface area contributed by atoms with Gasteiger partial charge in [-0.3, -0.25) is 4.79 Å². The predicted octanol–water partition coefficient (Wildman–Crippen LogP) is 2.43. The maximum Gasteiger partial charge on any atom is 0.219 e. The molecule has 0 aliphatic rings. The Hall–Kier alpha value is -1.03. The topological polar surface area (TPSA) is 55.1 Å². The largest absolute Gasteiger partial charge is 0.382 e. The zero-order valence-electron chi connectivity index (χ0n) is 8.88. The molecule has 82 valence electrons. The molecule has 0 bridgehead atoms. The van der Waals surface area contributed by atoms with Crippen molar-refractivity contribution in [3.63, 3.8) is 0 Å². The molecule has 0 aliphatic heterocycles. The van der Waals surface area contributed by atoms with Crippen LogP contribution in [-0.2, 0) is 4.79 Å². The Labute approximate surface area is 98.2 Å². The number of anilines is 1. The average Bonchev–Trinajstić information content (AvgIpc) is 2.10. The number of carbonyl (C=O) groups is 1. The first-order valence-electron chi connectivity index (χ1n) is 4.80. The van der Waals surface area contributed by atoms with E-state index in [0.717, 1.165) is 15.7 Å². The van der Waals surface area contributed by atoms with Crippen molar-refractivity contribution < 1.29 is 4.79 Å². The minimum absolute atomic E-state index is 0.0584. The van der Waals surface area contributed by atoms with Crippen LogP contribution >= 0.6 is 15.9 Å². The molecular weight excluding hydrogens is 256 g/mol. The summed E-state index contributed by atoms with van der Waals surface area (Å²) in [5.74, 6) is -0.288. The summed E-state index contributed by atoms with van der Waals surface area (Å²) < 4.78 is 1.08. The highest BCUT2D eigenvalue weighted by Crippen LogP contribution is 2.20.